The number of carbonyl (C=O) groups is 1. The van der Waals surface area contributed by atoms with E-state index in [1.54, 1.807) is 24.3 Å². The number of halogens is 1. The van der Waals surface area contributed by atoms with Gasteiger partial charge in [-0.05, 0) is 71.1 Å². The van der Waals surface area contributed by atoms with Crippen molar-refractivity contribution in [2.75, 3.05) is 11.8 Å². The number of benzene rings is 2. The molecule has 0 aliphatic carbocycles. The molecular formula is C14H12INO4S. The molecule has 0 radical (unpaired) electrons. The van der Waals surface area contributed by atoms with Gasteiger partial charge in [-0.1, -0.05) is 0 Å². The molecule has 21 heavy (non-hydrogen) atoms. The lowest BCUT2D eigenvalue weighted by molar-refractivity contribution is 0.0600. The van der Waals surface area contributed by atoms with Crippen LogP contribution in [0.1, 0.15) is 10.4 Å². The van der Waals surface area contributed by atoms with Gasteiger partial charge in [0.1, 0.15) is 0 Å². The number of anilines is 1. The van der Waals surface area contributed by atoms with Crippen LogP contribution in [0.15, 0.2) is 53.4 Å². The summed E-state index contributed by atoms with van der Waals surface area (Å²) in [5, 5.41) is 0. The zero-order valence-corrected chi connectivity index (χ0v) is 14.0. The normalized spacial score (nSPS) is 11.0. The summed E-state index contributed by atoms with van der Waals surface area (Å²) in [4.78, 5) is 11.4. The van der Waals surface area contributed by atoms with Crippen LogP contribution in [0.2, 0.25) is 0 Å². The lowest BCUT2D eigenvalue weighted by Gasteiger charge is -2.08. The van der Waals surface area contributed by atoms with Crippen molar-refractivity contribution in [3.8, 4) is 0 Å². The van der Waals surface area contributed by atoms with E-state index >= 15 is 0 Å². The third kappa shape index (κ3) is 3.94. The SMILES string of the molecule is COC(=O)c1ccc(S(=O)(=O)Nc2ccc(I)cc2)cc1. The predicted molar refractivity (Wildman–Crippen MR) is 87.7 cm³/mol. The Kier molecular flexibility index (Phi) is 4.84. The molecule has 0 aromatic heterocycles. The number of esters is 1. The van der Waals surface area contributed by atoms with E-state index in [0.29, 0.717) is 11.3 Å². The minimum atomic E-state index is -3.68. The molecule has 0 bridgehead atoms. The topological polar surface area (TPSA) is 72.5 Å². The summed E-state index contributed by atoms with van der Waals surface area (Å²) in [5.41, 5.74) is 0.776. The number of methoxy groups -OCH3 is 1. The van der Waals surface area contributed by atoms with Crippen LogP contribution >= 0.6 is 22.6 Å². The minimum Gasteiger partial charge on any atom is -0.465 e. The van der Waals surface area contributed by atoms with Gasteiger partial charge in [-0.15, -0.1) is 0 Å². The minimum absolute atomic E-state index is 0.0775. The second-order valence-corrected chi connectivity index (χ2v) is 7.06. The predicted octanol–water partition coefficient (Wildman–Crippen LogP) is 2.88. The highest BCUT2D eigenvalue weighted by Crippen LogP contribution is 2.18. The van der Waals surface area contributed by atoms with Crippen LogP contribution in [-0.2, 0) is 14.8 Å². The van der Waals surface area contributed by atoms with E-state index in [1.807, 2.05) is 0 Å². The van der Waals surface area contributed by atoms with E-state index in [-0.39, 0.29) is 4.90 Å². The molecule has 2 rings (SSSR count). The molecule has 2 aromatic rings. The molecule has 1 N–H and O–H groups in total. The van der Waals surface area contributed by atoms with E-state index in [2.05, 4.69) is 32.0 Å². The molecular weight excluding hydrogens is 405 g/mol. The van der Waals surface area contributed by atoms with Gasteiger partial charge in [0, 0.05) is 9.26 Å². The molecule has 0 saturated heterocycles. The number of ether oxygens (including phenoxy) is 1. The summed E-state index contributed by atoms with van der Waals surface area (Å²) in [5.74, 6) is -0.510. The molecule has 0 spiro atoms. The Hall–Kier alpha value is -1.61. The second-order valence-electron chi connectivity index (χ2n) is 4.13. The summed E-state index contributed by atoms with van der Waals surface area (Å²) >= 11 is 2.14. The standard InChI is InChI=1S/C14H12INO4S/c1-20-14(17)10-2-8-13(9-3-10)21(18,19)16-12-6-4-11(15)5-7-12/h2-9,16H,1H3. The zero-order chi connectivity index (χ0) is 15.5. The Morgan fingerprint density at radius 1 is 1.05 bits per heavy atom. The lowest BCUT2D eigenvalue weighted by Crippen LogP contribution is -2.13. The van der Waals surface area contributed by atoms with Crippen LogP contribution in [-0.4, -0.2) is 21.5 Å². The highest BCUT2D eigenvalue weighted by Gasteiger charge is 2.15. The molecule has 0 amide bonds. The van der Waals surface area contributed by atoms with E-state index < -0.39 is 16.0 Å². The second kappa shape index (κ2) is 6.44. The first kappa shape index (κ1) is 15.8. The van der Waals surface area contributed by atoms with Gasteiger partial charge >= 0.3 is 5.97 Å². The average molecular weight is 417 g/mol. The molecule has 0 unspecified atom stereocenters. The average Bonchev–Trinajstić information content (AvgIpc) is 2.49. The van der Waals surface area contributed by atoms with Gasteiger partial charge in [-0.2, -0.15) is 0 Å². The van der Waals surface area contributed by atoms with Crippen molar-refractivity contribution in [1.82, 2.24) is 0 Å². The number of carbonyl (C=O) groups excluding carboxylic acids is 1. The highest BCUT2D eigenvalue weighted by molar-refractivity contribution is 14.1. The van der Waals surface area contributed by atoms with E-state index in [0.717, 1.165) is 3.57 Å². The molecule has 0 fully saturated rings. The maximum Gasteiger partial charge on any atom is 0.337 e. The van der Waals surface area contributed by atoms with Crippen LogP contribution < -0.4 is 4.72 Å². The Morgan fingerprint density at radius 3 is 2.14 bits per heavy atom. The first-order chi connectivity index (χ1) is 9.92. The fourth-order valence-corrected chi connectivity index (χ4v) is 3.04. The number of hydrogen-bond donors (Lipinski definition) is 1. The van der Waals surface area contributed by atoms with Crippen LogP contribution in [0.25, 0.3) is 0 Å². The van der Waals surface area contributed by atoms with Crippen molar-refractivity contribution in [2.24, 2.45) is 0 Å². The van der Waals surface area contributed by atoms with E-state index in [9.17, 15) is 13.2 Å². The van der Waals surface area contributed by atoms with Gasteiger partial charge in [0.05, 0.1) is 17.6 Å². The van der Waals surface area contributed by atoms with Crippen LogP contribution in [0.5, 0.6) is 0 Å². The van der Waals surface area contributed by atoms with Gasteiger partial charge in [0.15, 0.2) is 0 Å². The highest BCUT2D eigenvalue weighted by atomic mass is 127. The smallest absolute Gasteiger partial charge is 0.337 e. The molecule has 0 saturated carbocycles. The third-order valence-electron chi connectivity index (χ3n) is 2.68. The molecule has 0 atom stereocenters. The molecule has 0 heterocycles. The maximum atomic E-state index is 12.2. The van der Waals surface area contributed by atoms with Crippen LogP contribution in [0, 0.1) is 3.57 Å². The van der Waals surface area contributed by atoms with Crippen LogP contribution in [0.3, 0.4) is 0 Å². The number of rotatable bonds is 4. The molecule has 0 aliphatic rings. The Morgan fingerprint density at radius 2 is 1.62 bits per heavy atom. The van der Waals surface area contributed by atoms with Crippen molar-refractivity contribution in [2.45, 2.75) is 4.90 Å². The molecule has 0 aliphatic heterocycles. The Bertz CT molecular complexity index is 740. The van der Waals surface area contributed by atoms with Crippen molar-refractivity contribution in [1.29, 1.82) is 0 Å². The van der Waals surface area contributed by atoms with Crippen molar-refractivity contribution < 1.29 is 17.9 Å². The summed E-state index contributed by atoms with van der Waals surface area (Å²) in [6, 6.07) is 12.5. The monoisotopic (exact) mass is 417 g/mol. The number of hydrogen-bond acceptors (Lipinski definition) is 4. The molecule has 2 aromatic carbocycles. The number of nitrogens with one attached hydrogen (secondary N) is 1. The van der Waals surface area contributed by atoms with Gasteiger partial charge in [-0.3, -0.25) is 4.72 Å². The van der Waals surface area contributed by atoms with Crippen molar-refractivity contribution in [3.63, 3.8) is 0 Å². The Labute approximate surface area is 136 Å². The third-order valence-corrected chi connectivity index (χ3v) is 4.80. The largest absolute Gasteiger partial charge is 0.465 e. The van der Waals surface area contributed by atoms with Crippen molar-refractivity contribution in [3.05, 3.63) is 57.7 Å². The van der Waals surface area contributed by atoms with Crippen LogP contribution in [0.4, 0.5) is 5.69 Å². The quantitative estimate of drug-likeness (QED) is 0.614. The summed E-state index contributed by atoms with van der Waals surface area (Å²) < 4.78 is 32.5. The summed E-state index contributed by atoms with van der Waals surface area (Å²) in [7, 11) is -2.41. The first-order valence-corrected chi connectivity index (χ1v) is 8.45. The van der Waals surface area contributed by atoms with E-state index in [1.165, 1.54) is 31.4 Å². The summed E-state index contributed by atoms with van der Waals surface area (Å²) in [6.45, 7) is 0. The van der Waals surface area contributed by atoms with Gasteiger partial charge in [0.25, 0.3) is 10.0 Å². The molecule has 5 nitrogen and oxygen atoms in total. The van der Waals surface area contributed by atoms with Gasteiger partial charge < -0.3 is 4.74 Å². The number of sulfonamides is 1. The molecule has 110 valence electrons. The van der Waals surface area contributed by atoms with Gasteiger partial charge in [-0.25, -0.2) is 13.2 Å². The maximum absolute atomic E-state index is 12.2. The summed E-state index contributed by atoms with van der Waals surface area (Å²) in [6.07, 6.45) is 0. The zero-order valence-electron chi connectivity index (χ0n) is 11.0. The van der Waals surface area contributed by atoms with Gasteiger partial charge in [0.2, 0.25) is 0 Å². The Balaban J connectivity index is 2.23. The fraction of sp³-hybridized carbons (Fsp3) is 0.0714. The van der Waals surface area contributed by atoms with E-state index in [4.69, 9.17) is 0 Å². The fourth-order valence-electron chi connectivity index (χ4n) is 1.62. The molecule has 7 heteroatoms. The first-order valence-electron chi connectivity index (χ1n) is 5.89. The van der Waals surface area contributed by atoms with Crippen molar-refractivity contribution >= 4 is 44.3 Å². The lowest BCUT2D eigenvalue weighted by atomic mass is 10.2.